The summed E-state index contributed by atoms with van der Waals surface area (Å²) in [4.78, 5) is 26.0. The first-order valence-electron chi connectivity index (χ1n) is 10.6. The number of rotatable bonds is 4. The van der Waals surface area contributed by atoms with Crippen molar-refractivity contribution in [3.63, 3.8) is 0 Å². The molecule has 1 aromatic rings. The van der Waals surface area contributed by atoms with Crippen LogP contribution in [0.4, 0.5) is 0 Å². The van der Waals surface area contributed by atoms with Crippen LogP contribution in [0.2, 0.25) is 0 Å². The monoisotopic (exact) mass is 429 g/mol. The summed E-state index contributed by atoms with van der Waals surface area (Å²) in [5.41, 5.74) is 0.294. The summed E-state index contributed by atoms with van der Waals surface area (Å²) in [6, 6.07) is 3.86. The molecule has 1 N–H and O–H groups in total. The minimum Gasteiger partial charge on any atom is -0.493 e. The molecule has 8 nitrogen and oxygen atoms in total. The highest BCUT2D eigenvalue weighted by atomic mass is 16.6. The number of hydrogen-bond acceptors (Lipinski definition) is 8. The van der Waals surface area contributed by atoms with E-state index in [1.54, 1.807) is 13.2 Å². The number of aliphatic hydroxyl groups is 1. The first-order valence-corrected chi connectivity index (χ1v) is 10.6. The summed E-state index contributed by atoms with van der Waals surface area (Å²) in [6.07, 6.45) is 1.74. The van der Waals surface area contributed by atoms with E-state index in [0.717, 1.165) is 17.7 Å². The molecule has 5 atom stereocenters. The van der Waals surface area contributed by atoms with Crippen molar-refractivity contribution in [3.05, 3.63) is 35.1 Å². The SMILES string of the molecule is COc1ccc2c3c1OC1C(OC(=O)[C@H](C)OC(C)=O)=CC[C@@]4(O)[C@@H](C2)N(C)CCC314. The highest BCUT2D eigenvalue weighted by molar-refractivity contribution is 5.79. The zero-order valence-electron chi connectivity index (χ0n) is 18.1. The van der Waals surface area contributed by atoms with Crippen LogP contribution in [0, 0.1) is 0 Å². The molecule has 0 amide bonds. The molecule has 8 heteroatoms. The van der Waals surface area contributed by atoms with Gasteiger partial charge in [0.15, 0.2) is 23.7 Å². The number of nitrogens with zero attached hydrogens (tertiary/aromatic N) is 1. The van der Waals surface area contributed by atoms with Crippen molar-refractivity contribution in [1.29, 1.82) is 0 Å². The Morgan fingerprint density at radius 3 is 2.84 bits per heavy atom. The Labute approximate surface area is 180 Å². The van der Waals surface area contributed by atoms with Gasteiger partial charge in [0.25, 0.3) is 0 Å². The Kier molecular flexibility index (Phi) is 4.40. The molecule has 1 saturated heterocycles. The summed E-state index contributed by atoms with van der Waals surface area (Å²) in [5.74, 6) is 0.335. The van der Waals surface area contributed by atoms with Gasteiger partial charge in [0.05, 0.1) is 18.1 Å². The Morgan fingerprint density at radius 2 is 2.13 bits per heavy atom. The Balaban J connectivity index is 1.61. The molecule has 2 bridgehead atoms. The van der Waals surface area contributed by atoms with E-state index in [1.165, 1.54) is 13.8 Å². The molecule has 1 aromatic carbocycles. The number of likely N-dealkylation sites (N-methyl/N-ethyl adjacent to an activating group) is 1. The number of piperidine rings is 1. The summed E-state index contributed by atoms with van der Waals surface area (Å²) < 4.78 is 22.6. The number of carbonyl (C=O) groups excluding carboxylic acids is 2. The largest absolute Gasteiger partial charge is 0.493 e. The van der Waals surface area contributed by atoms with Crippen LogP contribution in [0.5, 0.6) is 11.5 Å². The van der Waals surface area contributed by atoms with Crippen molar-refractivity contribution in [2.75, 3.05) is 20.7 Å². The van der Waals surface area contributed by atoms with Gasteiger partial charge in [-0.25, -0.2) is 4.79 Å². The van der Waals surface area contributed by atoms with Gasteiger partial charge in [-0.15, -0.1) is 0 Å². The van der Waals surface area contributed by atoms with Gasteiger partial charge in [0.2, 0.25) is 0 Å². The Bertz CT molecular complexity index is 1000. The molecule has 4 aliphatic rings. The average molecular weight is 429 g/mol. The summed E-state index contributed by atoms with van der Waals surface area (Å²) >= 11 is 0. The van der Waals surface area contributed by atoms with E-state index in [-0.39, 0.29) is 6.04 Å². The van der Waals surface area contributed by atoms with Gasteiger partial charge in [-0.1, -0.05) is 6.07 Å². The first-order chi connectivity index (χ1) is 14.7. The smallest absolute Gasteiger partial charge is 0.352 e. The van der Waals surface area contributed by atoms with Crippen LogP contribution in [-0.4, -0.2) is 66.5 Å². The quantitative estimate of drug-likeness (QED) is 0.719. The van der Waals surface area contributed by atoms with Crippen LogP contribution in [0.3, 0.4) is 0 Å². The molecule has 166 valence electrons. The number of hydrogen-bond donors (Lipinski definition) is 1. The molecular weight excluding hydrogens is 402 g/mol. The molecule has 0 aromatic heterocycles. The lowest BCUT2D eigenvalue weighted by atomic mass is 9.50. The predicted octanol–water partition coefficient (Wildman–Crippen LogP) is 1.47. The second-order valence-corrected chi connectivity index (χ2v) is 8.96. The van der Waals surface area contributed by atoms with E-state index >= 15 is 0 Å². The van der Waals surface area contributed by atoms with Crippen LogP contribution in [0.15, 0.2) is 24.0 Å². The molecule has 1 fully saturated rings. The standard InChI is InChI=1S/C23H27NO7/c1-12(29-13(2)25)21(26)30-16-7-8-23(27)17-11-14-5-6-15(28-4)19-18(14)22(23,20(16)31-19)9-10-24(17)3/h5-7,12,17,20,27H,8-11H2,1-4H3/t12-,17+,20?,22?,23+/m0/s1. The van der Waals surface area contributed by atoms with Crippen molar-refractivity contribution >= 4 is 11.9 Å². The van der Waals surface area contributed by atoms with Gasteiger partial charge < -0.3 is 29.0 Å². The van der Waals surface area contributed by atoms with Gasteiger partial charge >= 0.3 is 11.9 Å². The number of methoxy groups -OCH3 is 1. The second kappa shape index (κ2) is 6.71. The van der Waals surface area contributed by atoms with E-state index in [1.807, 2.05) is 19.2 Å². The lowest BCUT2D eigenvalue weighted by Gasteiger charge is -2.61. The number of carbonyl (C=O) groups is 2. The van der Waals surface area contributed by atoms with Gasteiger partial charge in [0, 0.05) is 24.9 Å². The van der Waals surface area contributed by atoms with Crippen molar-refractivity contribution < 1.29 is 33.6 Å². The van der Waals surface area contributed by atoms with E-state index in [9.17, 15) is 14.7 Å². The van der Waals surface area contributed by atoms with Crippen LogP contribution in [-0.2, 0) is 30.9 Å². The maximum atomic E-state index is 12.6. The second-order valence-electron chi connectivity index (χ2n) is 8.96. The van der Waals surface area contributed by atoms with E-state index < -0.39 is 35.2 Å². The summed E-state index contributed by atoms with van der Waals surface area (Å²) in [7, 11) is 3.63. The summed E-state index contributed by atoms with van der Waals surface area (Å²) in [6.45, 7) is 3.50. The van der Waals surface area contributed by atoms with Crippen LogP contribution >= 0.6 is 0 Å². The maximum absolute atomic E-state index is 12.6. The minimum absolute atomic E-state index is 0.0762. The molecule has 2 aliphatic carbocycles. The van der Waals surface area contributed by atoms with E-state index in [0.29, 0.717) is 36.5 Å². The lowest BCUT2D eigenvalue weighted by molar-refractivity contribution is -0.175. The molecular formula is C23H27NO7. The van der Waals surface area contributed by atoms with Gasteiger partial charge in [-0.05, 0) is 51.1 Å². The molecule has 1 spiro atoms. The summed E-state index contributed by atoms with van der Waals surface area (Å²) in [5, 5.41) is 12.1. The fraction of sp³-hybridized carbons (Fsp3) is 0.565. The van der Waals surface area contributed by atoms with E-state index in [4.69, 9.17) is 18.9 Å². The molecule has 2 heterocycles. The highest BCUT2D eigenvalue weighted by Crippen LogP contribution is 2.65. The van der Waals surface area contributed by atoms with Gasteiger partial charge in [-0.2, -0.15) is 0 Å². The molecule has 2 unspecified atom stereocenters. The van der Waals surface area contributed by atoms with E-state index in [2.05, 4.69) is 4.90 Å². The van der Waals surface area contributed by atoms with Crippen molar-refractivity contribution in [2.24, 2.45) is 0 Å². The molecule has 0 radical (unpaired) electrons. The number of esters is 2. The molecule has 31 heavy (non-hydrogen) atoms. The van der Waals surface area contributed by atoms with Gasteiger partial charge in [0.1, 0.15) is 5.76 Å². The molecule has 5 rings (SSSR count). The average Bonchev–Trinajstić information content (AvgIpc) is 3.07. The first kappa shape index (κ1) is 20.3. The Hall–Kier alpha value is -2.58. The Morgan fingerprint density at radius 1 is 1.35 bits per heavy atom. The third-order valence-corrected chi connectivity index (χ3v) is 7.45. The predicted molar refractivity (Wildman–Crippen MR) is 109 cm³/mol. The molecule has 2 aliphatic heterocycles. The zero-order valence-corrected chi connectivity index (χ0v) is 18.1. The molecule has 0 saturated carbocycles. The van der Waals surface area contributed by atoms with Gasteiger partial charge in [-0.3, -0.25) is 4.79 Å². The van der Waals surface area contributed by atoms with Crippen molar-refractivity contribution in [1.82, 2.24) is 4.90 Å². The number of ether oxygens (including phenoxy) is 4. The number of benzene rings is 1. The fourth-order valence-electron chi connectivity index (χ4n) is 6.08. The maximum Gasteiger partial charge on any atom is 0.352 e. The fourth-order valence-corrected chi connectivity index (χ4v) is 6.08. The van der Waals surface area contributed by atoms with Crippen LogP contribution in [0.1, 0.15) is 37.8 Å². The van der Waals surface area contributed by atoms with Crippen molar-refractivity contribution in [2.45, 2.75) is 62.4 Å². The third kappa shape index (κ3) is 2.55. The number of likely N-dealkylation sites (tertiary alicyclic amines) is 1. The van der Waals surface area contributed by atoms with Crippen LogP contribution < -0.4 is 9.47 Å². The minimum atomic E-state index is -1.06. The topological polar surface area (TPSA) is 94.5 Å². The van der Waals surface area contributed by atoms with Crippen molar-refractivity contribution in [3.8, 4) is 11.5 Å². The zero-order chi connectivity index (χ0) is 22.1. The van der Waals surface area contributed by atoms with Crippen LogP contribution in [0.25, 0.3) is 0 Å². The third-order valence-electron chi connectivity index (χ3n) is 7.45. The normalized spacial score (nSPS) is 33.5. The highest BCUT2D eigenvalue weighted by Gasteiger charge is 2.72. The lowest BCUT2D eigenvalue weighted by Crippen LogP contribution is -2.74.